The van der Waals surface area contributed by atoms with Crippen molar-refractivity contribution in [3.63, 3.8) is 0 Å². The minimum absolute atomic E-state index is 0.0184. The van der Waals surface area contributed by atoms with Crippen LogP contribution in [-0.2, 0) is 30.3 Å². The van der Waals surface area contributed by atoms with E-state index in [-0.39, 0.29) is 43.9 Å². The minimum atomic E-state index is -0.972. The van der Waals surface area contributed by atoms with E-state index < -0.39 is 35.4 Å². The van der Waals surface area contributed by atoms with Crippen molar-refractivity contribution >= 4 is 35.0 Å². The number of hydrogen-bond acceptors (Lipinski definition) is 9. The van der Waals surface area contributed by atoms with Gasteiger partial charge in [-0.25, -0.2) is 4.98 Å². The highest BCUT2D eigenvalue weighted by atomic mass is 32.1. The summed E-state index contributed by atoms with van der Waals surface area (Å²) in [6.07, 6.45) is 0.00530. The molecule has 0 radical (unpaired) electrons. The summed E-state index contributed by atoms with van der Waals surface area (Å²) < 4.78 is 10.3. The van der Waals surface area contributed by atoms with Crippen LogP contribution in [0.25, 0.3) is 10.4 Å². The number of benzene rings is 2. The number of thiazole rings is 1. The molecule has 2 heterocycles. The first kappa shape index (κ1) is 35.6. The Morgan fingerprint density at radius 2 is 1.74 bits per heavy atom. The molecule has 0 spiro atoms. The normalized spacial score (nSPS) is 17.5. The summed E-state index contributed by atoms with van der Waals surface area (Å²) in [5, 5.41) is 16.3. The minimum Gasteiger partial charge on any atom is -0.484 e. The number of carbonyl (C=O) groups excluding carboxylic acids is 4. The maximum Gasteiger partial charge on any atom is 0.305 e. The molecule has 1 saturated heterocycles. The van der Waals surface area contributed by atoms with Crippen molar-refractivity contribution in [2.75, 3.05) is 20.3 Å². The van der Waals surface area contributed by atoms with E-state index in [0.717, 1.165) is 27.3 Å². The van der Waals surface area contributed by atoms with Crippen LogP contribution in [0, 0.1) is 12.3 Å². The average Bonchev–Trinajstić information content (AvgIpc) is 3.66. The van der Waals surface area contributed by atoms with E-state index in [9.17, 15) is 24.3 Å². The maximum absolute atomic E-state index is 13.9. The van der Waals surface area contributed by atoms with Crippen LogP contribution < -0.4 is 15.4 Å². The lowest BCUT2D eigenvalue weighted by atomic mass is 9.85. The molecule has 3 amide bonds. The molecule has 3 N–H and O–H groups in total. The molecule has 12 heteroatoms. The molecule has 2 aromatic carbocycles. The van der Waals surface area contributed by atoms with Crippen molar-refractivity contribution in [1.29, 1.82) is 0 Å². The second-order valence-electron chi connectivity index (χ2n) is 12.9. The van der Waals surface area contributed by atoms with Gasteiger partial charge in [-0.15, -0.1) is 11.3 Å². The highest BCUT2D eigenvalue weighted by molar-refractivity contribution is 7.13. The van der Waals surface area contributed by atoms with Gasteiger partial charge in [0.1, 0.15) is 17.8 Å². The molecule has 1 aliphatic heterocycles. The smallest absolute Gasteiger partial charge is 0.305 e. The fourth-order valence-electron chi connectivity index (χ4n) is 5.47. The van der Waals surface area contributed by atoms with Crippen LogP contribution >= 0.6 is 11.3 Å². The zero-order chi connectivity index (χ0) is 34.3. The lowest BCUT2D eigenvalue weighted by molar-refractivity contribution is -0.144. The second kappa shape index (κ2) is 15.5. The van der Waals surface area contributed by atoms with Crippen LogP contribution in [0.2, 0.25) is 0 Å². The van der Waals surface area contributed by atoms with Crippen molar-refractivity contribution in [3.05, 3.63) is 70.9 Å². The lowest BCUT2D eigenvalue weighted by Gasteiger charge is -2.35. The van der Waals surface area contributed by atoms with Crippen LogP contribution in [0.1, 0.15) is 63.4 Å². The molecule has 1 aromatic heterocycles. The number of ether oxygens (including phenoxy) is 2. The number of rotatable bonds is 12. The molecular formula is C35H44N4O7S. The Hall–Kier alpha value is -4.29. The summed E-state index contributed by atoms with van der Waals surface area (Å²) in [4.78, 5) is 58.5. The second-order valence-corrected chi connectivity index (χ2v) is 13.7. The first-order chi connectivity index (χ1) is 22.3. The van der Waals surface area contributed by atoms with Crippen molar-refractivity contribution in [2.45, 2.75) is 78.1 Å². The molecule has 1 fully saturated rings. The van der Waals surface area contributed by atoms with Crippen LogP contribution in [-0.4, -0.2) is 77.1 Å². The SMILES string of the molecule is COC(=O)CCc1ccc(OCC(=O)N[C@H](C(=O)N2C[C@H](O)C[C@H]2C(=O)N[C@@H](C)c2ccc(-c3scnc3C)cc2)C(C)(C)C)cc1. The Kier molecular flexibility index (Phi) is 11.8. The van der Waals surface area contributed by atoms with Crippen molar-refractivity contribution in [1.82, 2.24) is 20.5 Å². The van der Waals surface area contributed by atoms with E-state index >= 15 is 0 Å². The van der Waals surface area contributed by atoms with Gasteiger partial charge >= 0.3 is 5.97 Å². The average molecular weight is 665 g/mol. The number of aliphatic hydroxyl groups is 1. The maximum atomic E-state index is 13.9. The van der Waals surface area contributed by atoms with E-state index in [0.29, 0.717) is 12.2 Å². The van der Waals surface area contributed by atoms with E-state index in [2.05, 4.69) is 20.4 Å². The van der Waals surface area contributed by atoms with Gasteiger partial charge in [0, 0.05) is 19.4 Å². The van der Waals surface area contributed by atoms with Gasteiger partial charge in [-0.05, 0) is 54.5 Å². The summed E-state index contributed by atoms with van der Waals surface area (Å²) in [6, 6.07) is 12.7. The third-order valence-electron chi connectivity index (χ3n) is 8.20. The summed E-state index contributed by atoms with van der Waals surface area (Å²) in [6.45, 7) is 8.96. The Morgan fingerprint density at radius 3 is 2.34 bits per heavy atom. The first-order valence-corrected chi connectivity index (χ1v) is 16.5. The number of aromatic nitrogens is 1. The standard InChI is InChI=1S/C35H44N4O7S/c1-21(24-10-12-25(13-11-24)31-22(2)36-20-47-31)37-33(43)28-17-26(40)18-39(28)34(44)32(35(3,4)5)38-29(41)19-46-27-14-7-23(8-15-27)9-16-30(42)45-6/h7-8,10-15,20-21,26,28,32,40H,9,16-19H2,1-6H3,(H,37,43)(H,38,41)/t21-,26+,28-,32+/m0/s1. The summed E-state index contributed by atoms with van der Waals surface area (Å²) >= 11 is 1.57. The number of aryl methyl sites for hydroxylation is 2. The van der Waals surface area contributed by atoms with Gasteiger partial charge in [-0.1, -0.05) is 57.2 Å². The molecule has 1 aliphatic rings. The molecule has 4 atom stereocenters. The van der Waals surface area contributed by atoms with Crippen molar-refractivity contribution < 1.29 is 33.8 Å². The molecule has 47 heavy (non-hydrogen) atoms. The van der Waals surface area contributed by atoms with Crippen LogP contribution in [0.4, 0.5) is 0 Å². The number of nitrogens with zero attached hydrogens (tertiary/aromatic N) is 2. The monoisotopic (exact) mass is 664 g/mol. The predicted molar refractivity (Wildman–Crippen MR) is 179 cm³/mol. The van der Waals surface area contributed by atoms with Gasteiger partial charge in [0.05, 0.1) is 35.3 Å². The summed E-state index contributed by atoms with van der Waals surface area (Å²) in [5.74, 6) is -1.16. The Balaban J connectivity index is 1.36. The number of β-amino-alcohol motifs (C(OH)–C–C–N with tert-alkyl or cyclic N) is 1. The number of nitrogens with one attached hydrogen (secondary N) is 2. The fourth-order valence-corrected chi connectivity index (χ4v) is 6.28. The predicted octanol–water partition coefficient (Wildman–Crippen LogP) is 3.97. The number of carbonyl (C=O) groups is 4. The number of hydrogen-bond donors (Lipinski definition) is 3. The molecule has 0 unspecified atom stereocenters. The van der Waals surface area contributed by atoms with Gasteiger partial charge in [-0.2, -0.15) is 0 Å². The molecule has 4 rings (SSSR count). The van der Waals surface area contributed by atoms with Crippen LogP contribution in [0.3, 0.4) is 0 Å². The number of aliphatic hydroxyl groups excluding tert-OH is 1. The molecule has 252 valence electrons. The Bertz CT molecular complexity index is 1550. The zero-order valence-corrected chi connectivity index (χ0v) is 28.6. The largest absolute Gasteiger partial charge is 0.484 e. The number of esters is 1. The Labute approximate surface area is 279 Å². The molecular weight excluding hydrogens is 620 g/mol. The van der Waals surface area contributed by atoms with Gasteiger partial charge in [0.2, 0.25) is 11.8 Å². The first-order valence-electron chi connectivity index (χ1n) is 15.6. The molecule has 0 bridgehead atoms. The molecule has 3 aromatic rings. The van der Waals surface area contributed by atoms with E-state index in [4.69, 9.17) is 4.74 Å². The summed E-state index contributed by atoms with van der Waals surface area (Å²) in [5.41, 5.74) is 4.95. The number of methoxy groups -OCH3 is 1. The topological polar surface area (TPSA) is 147 Å². The number of amides is 3. The van der Waals surface area contributed by atoms with Gasteiger partial charge in [0.15, 0.2) is 6.61 Å². The summed E-state index contributed by atoms with van der Waals surface area (Å²) in [7, 11) is 1.35. The van der Waals surface area contributed by atoms with Gasteiger partial charge in [-0.3, -0.25) is 19.2 Å². The van der Waals surface area contributed by atoms with E-state index in [1.54, 1.807) is 35.6 Å². The van der Waals surface area contributed by atoms with E-state index in [1.807, 2.05) is 64.4 Å². The third kappa shape index (κ3) is 9.39. The quantitative estimate of drug-likeness (QED) is 0.247. The van der Waals surface area contributed by atoms with Crippen molar-refractivity contribution in [3.8, 4) is 16.2 Å². The van der Waals surface area contributed by atoms with Crippen LogP contribution in [0.5, 0.6) is 5.75 Å². The van der Waals surface area contributed by atoms with Gasteiger partial charge < -0.3 is 30.1 Å². The molecule has 11 nitrogen and oxygen atoms in total. The van der Waals surface area contributed by atoms with Crippen molar-refractivity contribution in [2.24, 2.45) is 5.41 Å². The fraction of sp³-hybridized carbons (Fsp3) is 0.457. The molecule has 0 aliphatic carbocycles. The lowest BCUT2D eigenvalue weighted by Crippen LogP contribution is -2.58. The zero-order valence-electron chi connectivity index (χ0n) is 27.7. The molecule has 0 saturated carbocycles. The highest BCUT2D eigenvalue weighted by Gasteiger charge is 2.44. The number of likely N-dealkylation sites (tertiary alicyclic amines) is 1. The Morgan fingerprint density at radius 1 is 1.06 bits per heavy atom. The van der Waals surface area contributed by atoms with Crippen LogP contribution in [0.15, 0.2) is 54.0 Å². The highest BCUT2D eigenvalue weighted by Crippen LogP contribution is 2.29. The van der Waals surface area contributed by atoms with E-state index in [1.165, 1.54) is 12.0 Å². The third-order valence-corrected chi connectivity index (χ3v) is 9.18. The van der Waals surface area contributed by atoms with Gasteiger partial charge in [0.25, 0.3) is 5.91 Å².